The molecule has 0 spiro atoms. The zero-order chi connectivity index (χ0) is 7.14. The van der Waals surface area contributed by atoms with E-state index >= 15 is 0 Å². The molecule has 0 radical (unpaired) electrons. The number of allylic oxidation sites excluding steroid dienone is 3. The van der Waals surface area contributed by atoms with Gasteiger partial charge in [-0.25, -0.2) is 0 Å². The molecule has 10 heavy (non-hydrogen) atoms. The Morgan fingerprint density at radius 3 is 2.50 bits per heavy atom. The Kier molecular flexibility index (Phi) is 1.23. The van der Waals surface area contributed by atoms with E-state index in [2.05, 4.69) is 31.7 Å². The summed E-state index contributed by atoms with van der Waals surface area (Å²) in [5.41, 5.74) is 0. The van der Waals surface area contributed by atoms with Crippen LogP contribution in [0.25, 0.3) is 0 Å². The minimum absolute atomic E-state index is 0.773. The second-order valence-corrected chi connectivity index (χ2v) is 3.62. The largest absolute Gasteiger partial charge is 0.103 e. The van der Waals surface area contributed by atoms with Gasteiger partial charge in [-0.05, 0) is 30.1 Å². The van der Waals surface area contributed by atoms with Crippen LogP contribution in [0.1, 0.15) is 13.3 Å². The summed E-state index contributed by atoms with van der Waals surface area (Å²) < 4.78 is 0. The zero-order valence-corrected chi connectivity index (χ0v) is 6.46. The maximum Gasteiger partial charge on any atom is -0.0142 e. The Balaban J connectivity index is 2.25. The summed E-state index contributed by atoms with van der Waals surface area (Å²) in [6, 6.07) is 0. The van der Waals surface area contributed by atoms with Crippen LogP contribution in [0.4, 0.5) is 0 Å². The first-order valence-corrected chi connectivity index (χ1v) is 4.14. The minimum atomic E-state index is 0.773. The van der Waals surface area contributed by atoms with Gasteiger partial charge in [-0.3, -0.25) is 0 Å². The number of hydrogen-bond acceptors (Lipinski definition) is 0. The van der Waals surface area contributed by atoms with Crippen molar-refractivity contribution in [1.82, 2.24) is 0 Å². The predicted octanol–water partition coefficient (Wildman–Crippen LogP) is 2.63. The summed E-state index contributed by atoms with van der Waals surface area (Å²) in [5.74, 6) is 3.33. The Morgan fingerprint density at radius 1 is 1.40 bits per heavy atom. The first-order chi connectivity index (χ1) is 4.83. The molecular formula is C10H14. The van der Waals surface area contributed by atoms with Crippen molar-refractivity contribution >= 4 is 0 Å². The second kappa shape index (κ2) is 1.98. The van der Waals surface area contributed by atoms with Gasteiger partial charge in [-0.15, -0.1) is 6.58 Å². The normalized spacial score (nSPS) is 50.1. The third-order valence-electron chi connectivity index (χ3n) is 3.20. The van der Waals surface area contributed by atoms with Crippen molar-refractivity contribution in [3.8, 4) is 0 Å². The number of hydrogen-bond donors (Lipinski definition) is 0. The van der Waals surface area contributed by atoms with Crippen LogP contribution < -0.4 is 0 Å². The van der Waals surface area contributed by atoms with Crippen LogP contribution in [0, 0.1) is 23.7 Å². The molecule has 0 saturated heterocycles. The van der Waals surface area contributed by atoms with Crippen molar-refractivity contribution in [2.45, 2.75) is 13.3 Å². The highest BCUT2D eigenvalue weighted by Gasteiger charge is 2.39. The number of rotatable bonds is 1. The Hall–Kier alpha value is -0.520. The van der Waals surface area contributed by atoms with E-state index in [0.717, 1.165) is 23.7 Å². The summed E-state index contributed by atoms with van der Waals surface area (Å²) >= 11 is 0. The minimum Gasteiger partial charge on any atom is -0.103 e. The average Bonchev–Trinajstić information content (AvgIpc) is 2.46. The molecule has 0 heterocycles. The van der Waals surface area contributed by atoms with E-state index in [-0.39, 0.29) is 0 Å². The fraction of sp³-hybridized carbons (Fsp3) is 0.600. The van der Waals surface area contributed by atoms with Crippen molar-refractivity contribution in [2.75, 3.05) is 0 Å². The first kappa shape index (κ1) is 6.21. The number of fused-ring (bicyclic) bond motifs is 2. The third kappa shape index (κ3) is 0.622. The maximum absolute atomic E-state index is 3.88. The van der Waals surface area contributed by atoms with Gasteiger partial charge in [0, 0.05) is 0 Å². The maximum atomic E-state index is 3.88. The quantitative estimate of drug-likeness (QED) is 0.484. The molecule has 2 aliphatic carbocycles. The zero-order valence-electron chi connectivity index (χ0n) is 6.46. The van der Waals surface area contributed by atoms with E-state index in [1.165, 1.54) is 6.42 Å². The van der Waals surface area contributed by atoms with Gasteiger partial charge < -0.3 is 0 Å². The van der Waals surface area contributed by atoms with E-state index in [1.807, 2.05) is 0 Å². The van der Waals surface area contributed by atoms with Gasteiger partial charge in [0.05, 0.1) is 0 Å². The molecule has 0 aromatic rings. The standard InChI is InChI=1S/C10H14/c1-3-10-7(2)8-4-5-9(10)6-8/h3-5,7-10H,1,6H2,2H3/t7-,8+,9-,10+/m1/s1. The van der Waals surface area contributed by atoms with Gasteiger partial charge in [0.15, 0.2) is 0 Å². The van der Waals surface area contributed by atoms with Crippen LogP contribution >= 0.6 is 0 Å². The lowest BCUT2D eigenvalue weighted by atomic mass is 9.85. The van der Waals surface area contributed by atoms with Crippen molar-refractivity contribution in [3.63, 3.8) is 0 Å². The molecule has 1 saturated carbocycles. The fourth-order valence-electron chi connectivity index (χ4n) is 2.50. The molecule has 0 aromatic heterocycles. The smallest absolute Gasteiger partial charge is 0.0142 e. The van der Waals surface area contributed by atoms with E-state index < -0.39 is 0 Å². The van der Waals surface area contributed by atoms with Crippen molar-refractivity contribution in [1.29, 1.82) is 0 Å². The highest BCUT2D eigenvalue weighted by Crippen LogP contribution is 2.47. The van der Waals surface area contributed by atoms with Crippen LogP contribution in [0.15, 0.2) is 24.8 Å². The fourth-order valence-corrected chi connectivity index (χ4v) is 2.50. The van der Waals surface area contributed by atoms with Crippen molar-refractivity contribution in [3.05, 3.63) is 24.8 Å². The van der Waals surface area contributed by atoms with Crippen LogP contribution in [0.5, 0.6) is 0 Å². The van der Waals surface area contributed by atoms with E-state index in [1.54, 1.807) is 0 Å². The molecule has 0 heteroatoms. The van der Waals surface area contributed by atoms with Gasteiger partial charge in [-0.2, -0.15) is 0 Å². The summed E-state index contributed by atoms with van der Waals surface area (Å²) in [6.45, 7) is 6.23. The average molecular weight is 134 g/mol. The highest BCUT2D eigenvalue weighted by molar-refractivity contribution is 5.15. The Morgan fingerprint density at radius 2 is 2.10 bits per heavy atom. The molecule has 2 bridgehead atoms. The van der Waals surface area contributed by atoms with Crippen molar-refractivity contribution in [2.24, 2.45) is 23.7 Å². The Bertz CT molecular complexity index is 178. The van der Waals surface area contributed by atoms with Gasteiger partial charge >= 0.3 is 0 Å². The lowest BCUT2D eigenvalue weighted by Gasteiger charge is -2.20. The lowest BCUT2D eigenvalue weighted by molar-refractivity contribution is 0.404. The summed E-state index contributed by atoms with van der Waals surface area (Å²) in [7, 11) is 0. The Labute approximate surface area is 62.6 Å². The SMILES string of the molecule is C=C[C@H]1[C@H](C)[C@H]2C=C[C@@H]1C2. The first-order valence-electron chi connectivity index (χ1n) is 4.14. The van der Waals surface area contributed by atoms with Crippen molar-refractivity contribution < 1.29 is 0 Å². The highest BCUT2D eigenvalue weighted by atomic mass is 14.4. The summed E-state index contributed by atoms with van der Waals surface area (Å²) in [6.07, 6.45) is 8.28. The van der Waals surface area contributed by atoms with Crippen LogP contribution in [-0.2, 0) is 0 Å². The molecule has 0 amide bonds. The van der Waals surface area contributed by atoms with Gasteiger partial charge in [0.25, 0.3) is 0 Å². The summed E-state index contributed by atoms with van der Waals surface area (Å²) in [4.78, 5) is 0. The van der Waals surface area contributed by atoms with E-state index in [9.17, 15) is 0 Å². The second-order valence-electron chi connectivity index (χ2n) is 3.62. The predicted molar refractivity (Wildman–Crippen MR) is 43.6 cm³/mol. The third-order valence-corrected chi connectivity index (χ3v) is 3.20. The van der Waals surface area contributed by atoms with Crippen LogP contribution in [-0.4, -0.2) is 0 Å². The van der Waals surface area contributed by atoms with Gasteiger partial charge in [-0.1, -0.05) is 25.2 Å². The lowest BCUT2D eigenvalue weighted by Crippen LogP contribution is -2.13. The molecule has 0 unspecified atom stereocenters. The molecular weight excluding hydrogens is 120 g/mol. The van der Waals surface area contributed by atoms with Crippen LogP contribution in [0.2, 0.25) is 0 Å². The molecule has 0 nitrogen and oxygen atoms in total. The molecule has 54 valence electrons. The van der Waals surface area contributed by atoms with Gasteiger partial charge in [0.2, 0.25) is 0 Å². The van der Waals surface area contributed by atoms with Gasteiger partial charge in [0.1, 0.15) is 0 Å². The molecule has 4 atom stereocenters. The van der Waals surface area contributed by atoms with E-state index in [0.29, 0.717) is 0 Å². The topological polar surface area (TPSA) is 0 Å². The molecule has 0 aliphatic heterocycles. The summed E-state index contributed by atoms with van der Waals surface area (Å²) in [5, 5.41) is 0. The molecule has 0 N–H and O–H groups in total. The molecule has 2 rings (SSSR count). The molecule has 1 fully saturated rings. The van der Waals surface area contributed by atoms with Crippen LogP contribution in [0.3, 0.4) is 0 Å². The monoisotopic (exact) mass is 134 g/mol. The molecule has 0 aromatic carbocycles. The van der Waals surface area contributed by atoms with E-state index in [4.69, 9.17) is 0 Å². The molecule has 2 aliphatic rings.